The summed E-state index contributed by atoms with van der Waals surface area (Å²) in [5.74, 6) is 0.0287. The maximum Gasteiger partial charge on any atom is 0.349 e. The second-order valence-corrected chi connectivity index (χ2v) is 10.2. The van der Waals surface area contributed by atoms with Crippen LogP contribution in [0.4, 0.5) is 5.82 Å². The van der Waals surface area contributed by atoms with Crippen molar-refractivity contribution in [3.05, 3.63) is 55.3 Å². The van der Waals surface area contributed by atoms with Gasteiger partial charge in [-0.25, -0.2) is 9.59 Å². The lowest BCUT2D eigenvalue weighted by Crippen LogP contribution is -2.33. The van der Waals surface area contributed by atoms with Crippen molar-refractivity contribution in [2.24, 2.45) is 0 Å². The number of aliphatic hydroxyl groups is 2. The van der Waals surface area contributed by atoms with Crippen LogP contribution in [0.2, 0.25) is 0 Å². The van der Waals surface area contributed by atoms with Gasteiger partial charge in [0.25, 0.3) is 5.56 Å². The predicted molar refractivity (Wildman–Crippen MR) is 118 cm³/mol. The number of aromatic nitrogens is 4. The first-order chi connectivity index (χ1) is 15.5. The molecule has 1 fully saturated rings. The minimum absolute atomic E-state index is 0.0287. The summed E-state index contributed by atoms with van der Waals surface area (Å²) in [5, 5.41) is 19.8. The molecule has 1 aliphatic rings. The summed E-state index contributed by atoms with van der Waals surface area (Å²) in [4.78, 5) is 51.5. The van der Waals surface area contributed by atoms with Crippen molar-refractivity contribution >= 4 is 24.3 Å². The Hall–Kier alpha value is -2.23. The first-order valence-corrected chi connectivity index (χ1v) is 12.3. The molecule has 0 radical (unpaired) electrons. The fraction of sp³-hybridized carbons (Fsp3) is 0.529. The molecule has 182 valence electrons. The van der Waals surface area contributed by atoms with Crippen LogP contribution >= 0.6 is 6.72 Å². The minimum atomic E-state index is -3.92. The van der Waals surface area contributed by atoms with Gasteiger partial charge in [0.05, 0.1) is 25.9 Å². The number of anilines is 1. The standard InChI is InChI=1S/C17H24N5O9PS/c1-9-5-22(17(27)20-15(9)25)14-4-11(24)12(30-14)8-29-32(28,33)31-10(7-23)6-21-3-2-13(18)19-16(21)26/h2-3,5,10-12,14,23-24H,4,6-8H2,1H3,(H,28,33)(H2,18,19,26)(H,20,25,27). The molecule has 5 unspecified atom stereocenters. The quantitative estimate of drug-likeness (QED) is 0.234. The molecule has 0 spiro atoms. The molecule has 6 N–H and O–H groups in total. The largest absolute Gasteiger partial charge is 0.394 e. The van der Waals surface area contributed by atoms with E-state index in [1.807, 2.05) is 0 Å². The van der Waals surface area contributed by atoms with Gasteiger partial charge in [-0.05, 0) is 24.8 Å². The SMILES string of the molecule is Cc1cn(C2CC(O)C(COP(O)(=S)OC(CO)Cn3ccc(N)nc3=O)O2)c(=O)[nH]c1=O. The predicted octanol–water partition coefficient (Wildman–Crippen LogP) is -2.06. The Kier molecular flexibility index (Phi) is 7.97. The Balaban J connectivity index is 1.60. The minimum Gasteiger partial charge on any atom is -0.394 e. The molecule has 0 amide bonds. The lowest BCUT2D eigenvalue weighted by Gasteiger charge is -2.24. The number of hydrogen-bond acceptors (Lipinski definition) is 11. The van der Waals surface area contributed by atoms with Gasteiger partial charge in [0.1, 0.15) is 24.3 Å². The summed E-state index contributed by atoms with van der Waals surface area (Å²) in [6, 6.07) is 1.38. The van der Waals surface area contributed by atoms with Crippen molar-refractivity contribution in [2.75, 3.05) is 18.9 Å². The van der Waals surface area contributed by atoms with Crippen LogP contribution in [0.25, 0.3) is 0 Å². The van der Waals surface area contributed by atoms with E-state index in [9.17, 15) is 29.5 Å². The summed E-state index contributed by atoms with van der Waals surface area (Å²) in [5.41, 5.74) is 3.82. The van der Waals surface area contributed by atoms with Crippen LogP contribution in [0.1, 0.15) is 18.2 Å². The Bertz CT molecular complexity index is 1210. The third-order valence-electron chi connectivity index (χ3n) is 4.84. The topological polar surface area (TPSA) is 204 Å². The van der Waals surface area contributed by atoms with Crippen molar-refractivity contribution in [1.29, 1.82) is 0 Å². The molecule has 0 bridgehead atoms. The number of rotatable bonds is 9. The molecule has 0 aliphatic carbocycles. The van der Waals surface area contributed by atoms with E-state index in [1.165, 1.54) is 25.4 Å². The van der Waals surface area contributed by atoms with Crippen LogP contribution in [-0.2, 0) is 32.1 Å². The van der Waals surface area contributed by atoms with E-state index in [0.717, 1.165) is 9.13 Å². The van der Waals surface area contributed by atoms with Crippen molar-refractivity contribution < 1.29 is 28.9 Å². The average molecular weight is 505 g/mol. The monoisotopic (exact) mass is 505 g/mol. The van der Waals surface area contributed by atoms with Crippen molar-refractivity contribution in [2.45, 2.75) is 44.4 Å². The second-order valence-electron chi connectivity index (χ2n) is 7.37. The molecule has 2 aromatic heterocycles. The summed E-state index contributed by atoms with van der Waals surface area (Å²) in [6.45, 7) is -3.53. The molecule has 16 heteroatoms. The highest BCUT2D eigenvalue weighted by molar-refractivity contribution is 8.07. The van der Waals surface area contributed by atoms with Crippen molar-refractivity contribution in [3.8, 4) is 0 Å². The first-order valence-electron chi connectivity index (χ1n) is 9.74. The summed E-state index contributed by atoms with van der Waals surface area (Å²) < 4.78 is 18.4. The molecule has 0 saturated carbocycles. The number of nitrogen functional groups attached to an aromatic ring is 1. The number of aromatic amines is 1. The van der Waals surface area contributed by atoms with Crippen molar-refractivity contribution in [1.82, 2.24) is 19.1 Å². The molecular formula is C17H24N5O9PS. The fourth-order valence-corrected chi connectivity index (χ4v) is 4.60. The van der Waals surface area contributed by atoms with E-state index in [-0.39, 0.29) is 31.0 Å². The van der Waals surface area contributed by atoms with Gasteiger partial charge in [0.15, 0.2) is 0 Å². The van der Waals surface area contributed by atoms with E-state index >= 15 is 0 Å². The van der Waals surface area contributed by atoms with Gasteiger partial charge in [-0.2, -0.15) is 4.98 Å². The number of hydrogen-bond donors (Lipinski definition) is 5. The van der Waals surface area contributed by atoms with Crippen LogP contribution in [0.15, 0.2) is 32.8 Å². The van der Waals surface area contributed by atoms with Gasteiger partial charge in [0, 0.05) is 24.4 Å². The fourth-order valence-electron chi connectivity index (χ4n) is 3.15. The summed E-state index contributed by atoms with van der Waals surface area (Å²) >= 11 is 4.96. The van der Waals surface area contributed by atoms with Crippen molar-refractivity contribution in [3.63, 3.8) is 0 Å². The van der Waals surface area contributed by atoms with Gasteiger partial charge in [0.2, 0.25) is 0 Å². The molecule has 0 aromatic carbocycles. The van der Waals surface area contributed by atoms with E-state index in [1.54, 1.807) is 0 Å². The van der Waals surface area contributed by atoms with E-state index in [2.05, 4.69) is 9.97 Å². The van der Waals surface area contributed by atoms with Crippen LogP contribution in [0, 0.1) is 6.92 Å². The maximum atomic E-state index is 12.0. The Morgan fingerprint density at radius 1 is 1.45 bits per heavy atom. The Morgan fingerprint density at radius 3 is 2.85 bits per heavy atom. The van der Waals surface area contributed by atoms with Crippen LogP contribution in [-0.4, -0.2) is 65.7 Å². The average Bonchev–Trinajstić information content (AvgIpc) is 3.11. The molecular weight excluding hydrogens is 481 g/mol. The zero-order chi connectivity index (χ0) is 24.3. The number of H-pyrrole nitrogens is 1. The molecule has 3 rings (SSSR count). The number of ether oxygens (including phenoxy) is 1. The number of aryl methyl sites for hydroxylation is 1. The molecule has 5 atom stereocenters. The van der Waals surface area contributed by atoms with E-state index in [4.69, 9.17) is 31.3 Å². The molecule has 3 heterocycles. The maximum absolute atomic E-state index is 12.0. The highest BCUT2D eigenvalue weighted by Crippen LogP contribution is 2.46. The van der Waals surface area contributed by atoms with Crippen LogP contribution in [0.3, 0.4) is 0 Å². The van der Waals surface area contributed by atoms with Gasteiger partial charge >= 0.3 is 18.1 Å². The molecule has 14 nitrogen and oxygen atoms in total. The summed E-state index contributed by atoms with van der Waals surface area (Å²) in [6.07, 6.45) is -1.27. The van der Waals surface area contributed by atoms with E-state index < -0.39 is 54.8 Å². The van der Waals surface area contributed by atoms with Gasteiger partial charge in [-0.15, -0.1) is 0 Å². The van der Waals surface area contributed by atoms with Crippen LogP contribution < -0.4 is 22.7 Å². The highest BCUT2D eigenvalue weighted by atomic mass is 32.5. The van der Waals surface area contributed by atoms with Crippen LogP contribution in [0.5, 0.6) is 0 Å². The molecule has 1 aliphatic heterocycles. The van der Waals surface area contributed by atoms with Gasteiger partial charge < -0.3 is 34.6 Å². The van der Waals surface area contributed by atoms with Gasteiger partial charge in [-0.3, -0.25) is 18.9 Å². The van der Waals surface area contributed by atoms with E-state index in [0.29, 0.717) is 0 Å². The zero-order valence-corrected chi connectivity index (χ0v) is 19.1. The number of aliphatic hydroxyl groups excluding tert-OH is 2. The lowest BCUT2D eigenvalue weighted by molar-refractivity contribution is -0.0457. The molecule has 2 aromatic rings. The third-order valence-corrected chi connectivity index (χ3v) is 6.46. The smallest absolute Gasteiger partial charge is 0.349 e. The normalized spacial score (nSPS) is 23.3. The zero-order valence-electron chi connectivity index (χ0n) is 17.4. The molecule has 33 heavy (non-hydrogen) atoms. The van der Waals surface area contributed by atoms with Gasteiger partial charge in [-0.1, -0.05) is 0 Å². The Labute approximate surface area is 191 Å². The lowest BCUT2D eigenvalue weighted by atomic mass is 10.2. The number of nitrogens with zero attached hydrogens (tertiary/aromatic N) is 3. The number of nitrogens with one attached hydrogen (secondary N) is 1. The molecule has 1 saturated heterocycles. The first kappa shape index (κ1) is 25.4. The second kappa shape index (κ2) is 10.4. The summed E-state index contributed by atoms with van der Waals surface area (Å²) in [7, 11) is 0. The highest BCUT2D eigenvalue weighted by Gasteiger charge is 2.37. The Morgan fingerprint density at radius 2 is 2.18 bits per heavy atom. The third kappa shape index (κ3) is 6.43. The number of nitrogens with two attached hydrogens (primary N) is 1.